The van der Waals surface area contributed by atoms with Gasteiger partial charge in [0.2, 0.25) is 0 Å². The molecule has 3 nitrogen and oxygen atoms in total. The molecular formula is C15H19NO2. The molecule has 0 aromatic heterocycles. The lowest BCUT2D eigenvalue weighted by Crippen LogP contribution is -2.34. The van der Waals surface area contributed by atoms with Crippen molar-refractivity contribution in [2.75, 3.05) is 7.11 Å². The summed E-state index contributed by atoms with van der Waals surface area (Å²) in [4.78, 5) is 0. The maximum absolute atomic E-state index is 8.95. The fourth-order valence-corrected chi connectivity index (χ4v) is 2.49. The SMILES string of the molecule is COc1ccc(C#N)cc1OC1(C)CCCCC1. The topological polar surface area (TPSA) is 42.2 Å². The van der Waals surface area contributed by atoms with E-state index < -0.39 is 0 Å². The van der Waals surface area contributed by atoms with Crippen LogP contribution in [-0.4, -0.2) is 12.7 Å². The second-order valence-corrected chi connectivity index (χ2v) is 5.09. The molecular weight excluding hydrogens is 226 g/mol. The maximum Gasteiger partial charge on any atom is 0.163 e. The summed E-state index contributed by atoms with van der Waals surface area (Å²) < 4.78 is 11.4. The number of methoxy groups -OCH3 is 1. The minimum absolute atomic E-state index is 0.125. The van der Waals surface area contributed by atoms with Gasteiger partial charge in [-0.15, -0.1) is 0 Å². The quantitative estimate of drug-likeness (QED) is 0.816. The molecule has 1 aliphatic carbocycles. The molecule has 2 rings (SSSR count). The number of hydrogen-bond donors (Lipinski definition) is 0. The number of rotatable bonds is 3. The molecule has 0 spiro atoms. The van der Waals surface area contributed by atoms with E-state index in [1.54, 1.807) is 25.3 Å². The summed E-state index contributed by atoms with van der Waals surface area (Å²) in [6, 6.07) is 7.43. The third-order valence-electron chi connectivity index (χ3n) is 3.56. The predicted octanol–water partition coefficient (Wildman–Crippen LogP) is 3.67. The summed E-state index contributed by atoms with van der Waals surface area (Å²) in [7, 11) is 1.62. The van der Waals surface area contributed by atoms with Gasteiger partial charge >= 0.3 is 0 Å². The molecule has 0 saturated heterocycles. The molecule has 18 heavy (non-hydrogen) atoms. The highest BCUT2D eigenvalue weighted by Gasteiger charge is 2.29. The molecule has 0 radical (unpaired) electrons. The van der Waals surface area contributed by atoms with Crippen molar-refractivity contribution < 1.29 is 9.47 Å². The van der Waals surface area contributed by atoms with E-state index in [1.165, 1.54) is 19.3 Å². The summed E-state index contributed by atoms with van der Waals surface area (Å²) >= 11 is 0. The highest BCUT2D eigenvalue weighted by molar-refractivity contribution is 5.47. The first-order chi connectivity index (χ1) is 8.67. The zero-order valence-corrected chi connectivity index (χ0v) is 11.0. The number of nitriles is 1. The van der Waals surface area contributed by atoms with Gasteiger partial charge in [-0.2, -0.15) is 5.26 Å². The number of nitrogens with zero attached hydrogens (tertiary/aromatic N) is 1. The highest BCUT2D eigenvalue weighted by Crippen LogP contribution is 2.37. The number of benzene rings is 1. The van der Waals surface area contributed by atoms with Gasteiger partial charge in [-0.1, -0.05) is 6.42 Å². The fourth-order valence-electron chi connectivity index (χ4n) is 2.49. The first kappa shape index (κ1) is 12.8. The predicted molar refractivity (Wildman–Crippen MR) is 69.8 cm³/mol. The van der Waals surface area contributed by atoms with Crippen LogP contribution < -0.4 is 9.47 Å². The van der Waals surface area contributed by atoms with Crippen molar-refractivity contribution in [2.24, 2.45) is 0 Å². The van der Waals surface area contributed by atoms with E-state index in [1.807, 2.05) is 0 Å². The van der Waals surface area contributed by atoms with Crippen LogP contribution in [0.3, 0.4) is 0 Å². The average Bonchev–Trinajstić information content (AvgIpc) is 2.39. The van der Waals surface area contributed by atoms with Crippen LogP contribution in [0.2, 0.25) is 0 Å². The zero-order valence-electron chi connectivity index (χ0n) is 11.0. The standard InChI is InChI=1S/C15H19NO2/c1-15(8-4-3-5-9-15)18-14-10-12(11-16)6-7-13(14)17-2/h6-7,10H,3-5,8-9H2,1-2H3. The normalized spacial score (nSPS) is 17.8. The first-order valence-electron chi connectivity index (χ1n) is 6.44. The third kappa shape index (κ3) is 2.76. The molecule has 0 bridgehead atoms. The lowest BCUT2D eigenvalue weighted by atomic mass is 9.86. The van der Waals surface area contributed by atoms with Crippen molar-refractivity contribution >= 4 is 0 Å². The van der Waals surface area contributed by atoms with E-state index >= 15 is 0 Å². The van der Waals surface area contributed by atoms with E-state index in [4.69, 9.17) is 14.7 Å². The maximum atomic E-state index is 8.95. The van der Waals surface area contributed by atoms with Crippen LogP contribution in [0.4, 0.5) is 0 Å². The number of ether oxygens (including phenoxy) is 2. The molecule has 0 atom stereocenters. The Kier molecular flexibility index (Phi) is 3.76. The minimum Gasteiger partial charge on any atom is -0.493 e. The minimum atomic E-state index is -0.125. The fraction of sp³-hybridized carbons (Fsp3) is 0.533. The van der Waals surface area contributed by atoms with Gasteiger partial charge in [0, 0.05) is 6.07 Å². The molecule has 3 heteroatoms. The molecule has 0 aliphatic heterocycles. The van der Waals surface area contributed by atoms with Crippen LogP contribution in [0.25, 0.3) is 0 Å². The second kappa shape index (κ2) is 5.30. The van der Waals surface area contributed by atoms with Crippen LogP contribution in [0.1, 0.15) is 44.6 Å². The van der Waals surface area contributed by atoms with Crippen molar-refractivity contribution in [1.29, 1.82) is 5.26 Å². The average molecular weight is 245 g/mol. The molecule has 0 N–H and O–H groups in total. The van der Waals surface area contributed by atoms with Gasteiger partial charge in [0.15, 0.2) is 11.5 Å². The van der Waals surface area contributed by atoms with Gasteiger partial charge in [-0.05, 0) is 44.7 Å². The molecule has 0 unspecified atom stereocenters. The van der Waals surface area contributed by atoms with Gasteiger partial charge in [0.25, 0.3) is 0 Å². The van der Waals surface area contributed by atoms with E-state index in [0.717, 1.165) is 12.8 Å². The highest BCUT2D eigenvalue weighted by atomic mass is 16.5. The summed E-state index contributed by atoms with van der Waals surface area (Å²) in [5, 5.41) is 8.95. The van der Waals surface area contributed by atoms with Crippen molar-refractivity contribution in [1.82, 2.24) is 0 Å². The van der Waals surface area contributed by atoms with E-state index in [0.29, 0.717) is 17.1 Å². The van der Waals surface area contributed by atoms with Crippen LogP contribution in [0.15, 0.2) is 18.2 Å². The van der Waals surface area contributed by atoms with Gasteiger partial charge in [-0.25, -0.2) is 0 Å². The molecule has 1 aromatic rings. The van der Waals surface area contributed by atoms with Crippen LogP contribution >= 0.6 is 0 Å². The molecule has 1 aromatic carbocycles. The Morgan fingerprint density at radius 1 is 1.17 bits per heavy atom. The molecule has 1 saturated carbocycles. The molecule has 0 heterocycles. The van der Waals surface area contributed by atoms with Gasteiger partial charge in [-0.3, -0.25) is 0 Å². The van der Waals surface area contributed by atoms with Gasteiger partial charge in [0.05, 0.1) is 18.7 Å². The van der Waals surface area contributed by atoms with Crippen molar-refractivity contribution in [3.05, 3.63) is 23.8 Å². The van der Waals surface area contributed by atoms with Crippen molar-refractivity contribution in [2.45, 2.75) is 44.6 Å². The Balaban J connectivity index is 2.24. The van der Waals surface area contributed by atoms with E-state index in [2.05, 4.69) is 13.0 Å². The first-order valence-corrected chi connectivity index (χ1v) is 6.44. The monoisotopic (exact) mass is 245 g/mol. The second-order valence-electron chi connectivity index (χ2n) is 5.09. The molecule has 96 valence electrons. The van der Waals surface area contributed by atoms with Gasteiger partial charge < -0.3 is 9.47 Å². The molecule has 1 aliphatic rings. The summed E-state index contributed by atoms with van der Waals surface area (Å²) in [6.45, 7) is 2.14. The largest absolute Gasteiger partial charge is 0.493 e. The van der Waals surface area contributed by atoms with Crippen LogP contribution in [0.5, 0.6) is 11.5 Å². The Labute approximate surface area is 108 Å². The Hall–Kier alpha value is -1.69. The summed E-state index contributed by atoms with van der Waals surface area (Å²) in [6.07, 6.45) is 5.82. The van der Waals surface area contributed by atoms with E-state index in [9.17, 15) is 0 Å². The van der Waals surface area contributed by atoms with Crippen molar-refractivity contribution in [3.63, 3.8) is 0 Å². The Bertz CT molecular complexity index is 456. The number of hydrogen-bond acceptors (Lipinski definition) is 3. The summed E-state index contributed by atoms with van der Waals surface area (Å²) in [5.74, 6) is 1.38. The van der Waals surface area contributed by atoms with E-state index in [-0.39, 0.29) is 5.60 Å². The smallest absolute Gasteiger partial charge is 0.163 e. The lowest BCUT2D eigenvalue weighted by molar-refractivity contribution is 0.0460. The molecule has 0 amide bonds. The van der Waals surface area contributed by atoms with Crippen LogP contribution in [0, 0.1) is 11.3 Å². The summed E-state index contributed by atoms with van der Waals surface area (Å²) in [5.41, 5.74) is 0.477. The Morgan fingerprint density at radius 2 is 1.89 bits per heavy atom. The van der Waals surface area contributed by atoms with Crippen molar-refractivity contribution in [3.8, 4) is 17.6 Å². The van der Waals surface area contributed by atoms with Gasteiger partial charge in [0.1, 0.15) is 5.60 Å². The molecule has 1 fully saturated rings. The zero-order chi connectivity index (χ0) is 13.0. The van der Waals surface area contributed by atoms with Crippen LogP contribution in [-0.2, 0) is 0 Å². The Morgan fingerprint density at radius 3 is 2.50 bits per heavy atom. The third-order valence-corrected chi connectivity index (χ3v) is 3.56. The lowest BCUT2D eigenvalue weighted by Gasteiger charge is -2.34.